The van der Waals surface area contributed by atoms with Crippen LogP contribution < -0.4 is 5.32 Å². The Balaban J connectivity index is 2.46. The molecule has 0 aliphatic heterocycles. The van der Waals surface area contributed by atoms with Crippen LogP contribution in [0.2, 0.25) is 0 Å². The lowest BCUT2D eigenvalue weighted by Crippen LogP contribution is -2.25. The van der Waals surface area contributed by atoms with Crippen molar-refractivity contribution in [3.8, 4) is 0 Å². The predicted molar refractivity (Wildman–Crippen MR) is 83.5 cm³/mol. The predicted octanol–water partition coefficient (Wildman–Crippen LogP) is 3.23. The molecule has 5 nitrogen and oxygen atoms in total. The Morgan fingerprint density at radius 1 is 1.38 bits per heavy atom. The van der Waals surface area contributed by atoms with Gasteiger partial charge in [0.1, 0.15) is 9.88 Å². The molecule has 2 N–H and O–H groups in total. The topological polar surface area (TPSA) is 79.3 Å². The third-order valence-corrected chi connectivity index (χ3v) is 4.11. The van der Waals surface area contributed by atoms with Crippen molar-refractivity contribution in [3.05, 3.63) is 15.6 Å². The van der Waals surface area contributed by atoms with Crippen molar-refractivity contribution in [3.63, 3.8) is 0 Å². The molecule has 0 saturated heterocycles. The summed E-state index contributed by atoms with van der Waals surface area (Å²) in [6, 6.07) is 0. The highest BCUT2D eigenvalue weighted by molar-refractivity contribution is 7.13. The van der Waals surface area contributed by atoms with E-state index >= 15 is 0 Å². The van der Waals surface area contributed by atoms with Crippen LogP contribution in [-0.4, -0.2) is 22.0 Å². The zero-order valence-electron chi connectivity index (χ0n) is 13.3. The highest BCUT2D eigenvalue weighted by Gasteiger charge is 2.18. The first-order valence-electron chi connectivity index (χ1n) is 7.05. The van der Waals surface area contributed by atoms with Crippen molar-refractivity contribution < 1.29 is 14.7 Å². The Kier molecular flexibility index (Phi) is 5.89. The number of aryl methyl sites for hydroxylation is 1. The molecule has 1 heterocycles. The molecule has 0 aliphatic carbocycles. The van der Waals surface area contributed by atoms with E-state index in [0.29, 0.717) is 29.6 Å². The molecule has 1 aromatic rings. The van der Waals surface area contributed by atoms with E-state index in [1.165, 1.54) is 0 Å². The van der Waals surface area contributed by atoms with Gasteiger partial charge in [-0.3, -0.25) is 4.79 Å². The number of carbonyl (C=O) groups is 2. The lowest BCUT2D eigenvalue weighted by atomic mass is 9.84. The first-order chi connectivity index (χ1) is 9.58. The number of aromatic carboxylic acids is 1. The van der Waals surface area contributed by atoms with Crippen LogP contribution in [0.1, 0.15) is 60.9 Å². The average Bonchev–Trinajstić information content (AvgIpc) is 2.65. The van der Waals surface area contributed by atoms with Crippen molar-refractivity contribution in [2.45, 2.75) is 54.0 Å². The van der Waals surface area contributed by atoms with Crippen LogP contribution in [-0.2, 0) is 11.3 Å². The van der Waals surface area contributed by atoms with Gasteiger partial charge in [0.05, 0.1) is 12.2 Å². The maximum atomic E-state index is 11.9. The molecule has 1 amide bonds. The number of carboxylic acid groups (broad SMARTS) is 1. The molecule has 1 aromatic heterocycles. The highest BCUT2D eigenvalue weighted by atomic mass is 32.1. The second-order valence-electron chi connectivity index (χ2n) is 6.68. The van der Waals surface area contributed by atoms with E-state index in [2.05, 4.69) is 38.0 Å². The van der Waals surface area contributed by atoms with Gasteiger partial charge < -0.3 is 10.4 Å². The number of carbonyl (C=O) groups excluding carboxylic acids is 1. The van der Waals surface area contributed by atoms with Gasteiger partial charge in [-0.15, -0.1) is 11.3 Å². The molecular weight excluding hydrogens is 288 g/mol. The summed E-state index contributed by atoms with van der Waals surface area (Å²) in [6.07, 6.45) is 1.47. The van der Waals surface area contributed by atoms with Crippen molar-refractivity contribution in [1.29, 1.82) is 0 Å². The quantitative estimate of drug-likeness (QED) is 0.845. The lowest BCUT2D eigenvalue weighted by molar-refractivity contribution is -0.122. The summed E-state index contributed by atoms with van der Waals surface area (Å²) in [6.45, 7) is 10.5. The van der Waals surface area contributed by atoms with Crippen LogP contribution in [0.3, 0.4) is 0 Å². The summed E-state index contributed by atoms with van der Waals surface area (Å²) in [5.41, 5.74) is 0.709. The SMILES string of the molecule is Cc1nc(CNC(=O)CC(C)CC(C)(C)C)sc1C(=O)O. The second kappa shape index (κ2) is 7.02. The Bertz CT molecular complexity index is 517. The van der Waals surface area contributed by atoms with Crippen LogP contribution >= 0.6 is 11.3 Å². The van der Waals surface area contributed by atoms with Gasteiger partial charge in [0.25, 0.3) is 0 Å². The van der Waals surface area contributed by atoms with Crippen molar-refractivity contribution >= 4 is 23.2 Å². The van der Waals surface area contributed by atoms with Crippen molar-refractivity contribution in [1.82, 2.24) is 10.3 Å². The largest absolute Gasteiger partial charge is 0.477 e. The van der Waals surface area contributed by atoms with Gasteiger partial charge in [-0.1, -0.05) is 27.7 Å². The molecule has 0 fully saturated rings. The summed E-state index contributed by atoms with van der Waals surface area (Å²) >= 11 is 1.11. The molecule has 118 valence electrons. The van der Waals surface area contributed by atoms with Gasteiger partial charge in [-0.2, -0.15) is 0 Å². The zero-order valence-corrected chi connectivity index (χ0v) is 14.1. The molecule has 0 aliphatic rings. The van der Waals surface area contributed by atoms with E-state index in [1.54, 1.807) is 6.92 Å². The summed E-state index contributed by atoms with van der Waals surface area (Å²) in [5, 5.41) is 12.4. The molecule has 1 atom stereocenters. The fourth-order valence-corrected chi connectivity index (χ4v) is 3.25. The number of nitrogens with zero attached hydrogens (tertiary/aromatic N) is 1. The fraction of sp³-hybridized carbons (Fsp3) is 0.667. The van der Waals surface area contributed by atoms with E-state index < -0.39 is 5.97 Å². The summed E-state index contributed by atoms with van der Waals surface area (Å²) in [7, 11) is 0. The summed E-state index contributed by atoms with van der Waals surface area (Å²) < 4.78 is 0. The molecule has 0 spiro atoms. The molecule has 1 unspecified atom stereocenters. The van der Waals surface area contributed by atoms with E-state index in [1.807, 2.05) is 0 Å². The Morgan fingerprint density at radius 2 is 2.00 bits per heavy atom. The lowest BCUT2D eigenvalue weighted by Gasteiger charge is -2.22. The monoisotopic (exact) mass is 312 g/mol. The van der Waals surface area contributed by atoms with Gasteiger partial charge in [0.2, 0.25) is 5.91 Å². The smallest absolute Gasteiger partial charge is 0.347 e. The molecule has 6 heteroatoms. The molecule has 0 aromatic carbocycles. The van der Waals surface area contributed by atoms with Gasteiger partial charge >= 0.3 is 5.97 Å². The van der Waals surface area contributed by atoms with Gasteiger partial charge in [0, 0.05) is 6.42 Å². The zero-order chi connectivity index (χ0) is 16.2. The van der Waals surface area contributed by atoms with Crippen LogP contribution in [0.5, 0.6) is 0 Å². The third kappa shape index (κ3) is 6.25. The van der Waals surface area contributed by atoms with Gasteiger partial charge in [0.15, 0.2) is 0 Å². The molecular formula is C15H24N2O3S. The molecule has 1 rings (SSSR count). The Morgan fingerprint density at radius 3 is 2.48 bits per heavy atom. The molecule has 0 bridgehead atoms. The normalized spacial score (nSPS) is 13.0. The minimum atomic E-state index is -0.971. The van der Waals surface area contributed by atoms with Crippen LogP contribution in [0.25, 0.3) is 0 Å². The first-order valence-corrected chi connectivity index (χ1v) is 7.86. The van der Waals surface area contributed by atoms with E-state index in [-0.39, 0.29) is 16.2 Å². The Hall–Kier alpha value is -1.43. The molecule has 0 saturated carbocycles. The standard InChI is InChI=1S/C15H24N2O3S/c1-9(7-15(3,4)5)6-11(18)16-8-12-17-10(2)13(21-12)14(19)20/h9H,6-8H2,1-5H3,(H,16,18)(H,19,20). The van der Waals surface area contributed by atoms with E-state index in [0.717, 1.165) is 17.8 Å². The minimum absolute atomic E-state index is 0.0171. The molecule has 0 radical (unpaired) electrons. The first kappa shape index (κ1) is 17.6. The number of carboxylic acids is 1. The van der Waals surface area contributed by atoms with Crippen LogP contribution in [0.15, 0.2) is 0 Å². The Labute approximate surface area is 129 Å². The number of amides is 1. The third-order valence-electron chi connectivity index (χ3n) is 2.97. The van der Waals surface area contributed by atoms with E-state index in [4.69, 9.17) is 5.11 Å². The fourth-order valence-electron chi connectivity index (χ4n) is 2.41. The van der Waals surface area contributed by atoms with Crippen LogP contribution in [0.4, 0.5) is 0 Å². The van der Waals surface area contributed by atoms with Gasteiger partial charge in [-0.25, -0.2) is 9.78 Å². The number of thiazole rings is 1. The summed E-state index contributed by atoms with van der Waals surface area (Å²) in [5.74, 6) is -0.671. The average molecular weight is 312 g/mol. The summed E-state index contributed by atoms with van der Waals surface area (Å²) in [4.78, 5) is 27.2. The second-order valence-corrected chi connectivity index (χ2v) is 7.76. The van der Waals surface area contributed by atoms with Crippen LogP contribution in [0, 0.1) is 18.3 Å². The van der Waals surface area contributed by atoms with E-state index in [9.17, 15) is 9.59 Å². The van der Waals surface area contributed by atoms with Crippen molar-refractivity contribution in [2.24, 2.45) is 11.3 Å². The number of aromatic nitrogens is 1. The number of hydrogen-bond donors (Lipinski definition) is 2. The highest BCUT2D eigenvalue weighted by Crippen LogP contribution is 2.25. The number of nitrogens with one attached hydrogen (secondary N) is 1. The van der Waals surface area contributed by atoms with Crippen molar-refractivity contribution in [2.75, 3.05) is 0 Å². The van der Waals surface area contributed by atoms with Gasteiger partial charge in [-0.05, 0) is 24.7 Å². The maximum Gasteiger partial charge on any atom is 0.347 e. The molecule has 21 heavy (non-hydrogen) atoms. The maximum absolute atomic E-state index is 11.9. The number of rotatable bonds is 6. The minimum Gasteiger partial charge on any atom is -0.477 e. The number of hydrogen-bond acceptors (Lipinski definition) is 4.